The van der Waals surface area contributed by atoms with Crippen LogP contribution in [0.15, 0.2) is 45.6 Å². The topological polar surface area (TPSA) is 106 Å². The van der Waals surface area contributed by atoms with Crippen LogP contribution in [0.1, 0.15) is 27.2 Å². The van der Waals surface area contributed by atoms with Crippen molar-refractivity contribution in [3.8, 4) is 17.0 Å². The number of hydrogen-bond donors (Lipinski definition) is 0. The molecule has 0 saturated heterocycles. The zero-order valence-corrected chi connectivity index (χ0v) is 22.3. The van der Waals surface area contributed by atoms with Crippen molar-refractivity contribution >= 4 is 17.1 Å². The second-order valence-corrected chi connectivity index (χ2v) is 9.21. The van der Waals surface area contributed by atoms with Gasteiger partial charge in [-0.25, -0.2) is 13.6 Å². The lowest BCUT2D eigenvalue weighted by Gasteiger charge is -2.20. The van der Waals surface area contributed by atoms with Gasteiger partial charge in [-0.2, -0.15) is 4.98 Å². The molecule has 3 rings (SSSR count). The molecule has 0 bridgehead atoms. The maximum absolute atomic E-state index is 13.5. The summed E-state index contributed by atoms with van der Waals surface area (Å²) in [5.41, 5.74) is -1.12. The second kappa shape index (κ2) is 14.7. The number of carbonyl (C=O) groups excluding carboxylic acids is 1. The van der Waals surface area contributed by atoms with Crippen LogP contribution in [0, 0.1) is 17.0 Å². The number of ether oxygens (including phenoxy) is 5. The first kappa shape index (κ1) is 30.1. The van der Waals surface area contributed by atoms with Crippen molar-refractivity contribution in [3.05, 3.63) is 58.5 Å². The standard InChI is InChI=1S/C28H33F2NO8/c1-4-28(2,3)27(33)38-14-12-36-10-8-34-7-9-35-11-13-37-24-6-5-19-17-23(26(32)39-25(19)31-24)20-15-21(29)18-22(30)16-20/h5-6,15-18H,4,7-14H2,1-3H3. The second-order valence-electron chi connectivity index (χ2n) is 9.21. The quantitative estimate of drug-likeness (QED) is 0.188. The Morgan fingerprint density at radius 3 is 2.08 bits per heavy atom. The van der Waals surface area contributed by atoms with Crippen molar-refractivity contribution in [1.29, 1.82) is 0 Å². The van der Waals surface area contributed by atoms with E-state index in [1.54, 1.807) is 12.1 Å². The number of carbonyl (C=O) groups is 1. The summed E-state index contributed by atoms with van der Waals surface area (Å²) < 4.78 is 59.3. The first-order valence-electron chi connectivity index (χ1n) is 12.6. The van der Waals surface area contributed by atoms with Crippen LogP contribution in [0.4, 0.5) is 8.78 Å². The van der Waals surface area contributed by atoms with Gasteiger partial charge in [-0.3, -0.25) is 4.79 Å². The summed E-state index contributed by atoms with van der Waals surface area (Å²) >= 11 is 0. The predicted molar refractivity (Wildman–Crippen MR) is 139 cm³/mol. The van der Waals surface area contributed by atoms with Crippen molar-refractivity contribution in [1.82, 2.24) is 4.98 Å². The number of benzene rings is 1. The molecule has 2 heterocycles. The molecule has 0 N–H and O–H groups in total. The van der Waals surface area contributed by atoms with E-state index in [-0.39, 0.29) is 48.5 Å². The van der Waals surface area contributed by atoms with Gasteiger partial charge in [-0.1, -0.05) is 6.92 Å². The smallest absolute Gasteiger partial charge is 0.345 e. The third-order valence-corrected chi connectivity index (χ3v) is 5.87. The largest absolute Gasteiger partial charge is 0.475 e. The van der Waals surface area contributed by atoms with E-state index in [9.17, 15) is 18.4 Å². The summed E-state index contributed by atoms with van der Waals surface area (Å²) in [6.07, 6.45) is 0.709. The zero-order valence-electron chi connectivity index (χ0n) is 22.3. The minimum Gasteiger partial charge on any atom is -0.475 e. The van der Waals surface area contributed by atoms with Crippen LogP contribution in [0.3, 0.4) is 0 Å². The van der Waals surface area contributed by atoms with Crippen molar-refractivity contribution in [2.75, 3.05) is 52.9 Å². The van der Waals surface area contributed by atoms with Gasteiger partial charge in [0.15, 0.2) is 0 Å². The molecule has 9 nitrogen and oxygen atoms in total. The Morgan fingerprint density at radius 1 is 0.872 bits per heavy atom. The van der Waals surface area contributed by atoms with E-state index in [1.165, 1.54) is 6.07 Å². The zero-order chi connectivity index (χ0) is 28.3. The molecule has 0 atom stereocenters. The number of hydrogen-bond acceptors (Lipinski definition) is 9. The molecule has 0 aliphatic heterocycles. The van der Waals surface area contributed by atoms with Crippen molar-refractivity contribution in [3.63, 3.8) is 0 Å². The van der Waals surface area contributed by atoms with Gasteiger partial charge in [-0.15, -0.1) is 0 Å². The summed E-state index contributed by atoms with van der Waals surface area (Å²) in [5, 5.41) is 0.473. The lowest BCUT2D eigenvalue weighted by molar-refractivity contribution is -0.155. The molecule has 1 aromatic carbocycles. The Hall–Kier alpha value is -3.41. The van der Waals surface area contributed by atoms with E-state index in [1.807, 2.05) is 20.8 Å². The van der Waals surface area contributed by atoms with Crippen molar-refractivity contribution in [2.45, 2.75) is 27.2 Å². The fourth-order valence-electron chi connectivity index (χ4n) is 3.25. The van der Waals surface area contributed by atoms with Crippen LogP contribution < -0.4 is 10.4 Å². The molecule has 0 fully saturated rings. The summed E-state index contributed by atoms with van der Waals surface area (Å²) in [7, 11) is 0. The number of rotatable bonds is 16. The van der Waals surface area contributed by atoms with E-state index in [2.05, 4.69) is 4.98 Å². The maximum Gasteiger partial charge on any atom is 0.345 e. The highest BCUT2D eigenvalue weighted by molar-refractivity contribution is 5.79. The third kappa shape index (κ3) is 9.38. The molecule has 0 aliphatic carbocycles. The highest BCUT2D eigenvalue weighted by Gasteiger charge is 2.26. The summed E-state index contributed by atoms with van der Waals surface area (Å²) in [6.45, 7) is 8.14. The fourth-order valence-corrected chi connectivity index (χ4v) is 3.25. The third-order valence-electron chi connectivity index (χ3n) is 5.87. The Balaban J connectivity index is 1.29. The van der Waals surface area contributed by atoms with Crippen LogP contribution in [0.2, 0.25) is 0 Å². The van der Waals surface area contributed by atoms with Crippen molar-refractivity contribution < 1.29 is 41.7 Å². The van der Waals surface area contributed by atoms with Crippen LogP contribution in [-0.2, 0) is 23.7 Å². The van der Waals surface area contributed by atoms with Gasteiger partial charge in [0.1, 0.15) is 24.8 Å². The summed E-state index contributed by atoms with van der Waals surface area (Å²) in [5.74, 6) is -1.59. The highest BCUT2D eigenvalue weighted by Crippen LogP contribution is 2.24. The molecule has 11 heteroatoms. The first-order chi connectivity index (χ1) is 18.7. The fraction of sp³-hybridized carbons (Fsp3) is 0.464. The lowest BCUT2D eigenvalue weighted by Crippen LogP contribution is -2.27. The first-order valence-corrected chi connectivity index (χ1v) is 12.6. The predicted octanol–water partition coefficient (Wildman–Crippen LogP) is 4.54. The minimum atomic E-state index is -0.794. The van der Waals surface area contributed by atoms with Crippen LogP contribution >= 0.6 is 0 Å². The average molecular weight is 550 g/mol. The van der Waals surface area contributed by atoms with E-state index >= 15 is 0 Å². The molecular formula is C28H33F2NO8. The van der Waals surface area contributed by atoms with Gasteiger partial charge in [0.2, 0.25) is 11.6 Å². The van der Waals surface area contributed by atoms with Gasteiger partial charge in [-0.05, 0) is 50.1 Å². The molecule has 0 spiro atoms. The van der Waals surface area contributed by atoms with E-state index in [0.717, 1.165) is 18.2 Å². The highest BCUT2D eigenvalue weighted by atomic mass is 19.1. The van der Waals surface area contributed by atoms with Gasteiger partial charge >= 0.3 is 11.6 Å². The number of pyridine rings is 1. The van der Waals surface area contributed by atoms with Gasteiger partial charge < -0.3 is 28.1 Å². The van der Waals surface area contributed by atoms with E-state index in [4.69, 9.17) is 28.1 Å². The number of aromatic nitrogens is 1. The van der Waals surface area contributed by atoms with Crippen LogP contribution in [-0.4, -0.2) is 63.8 Å². The van der Waals surface area contributed by atoms with E-state index in [0.29, 0.717) is 44.8 Å². The molecular weight excluding hydrogens is 516 g/mol. The van der Waals surface area contributed by atoms with Crippen LogP contribution in [0.5, 0.6) is 5.88 Å². The van der Waals surface area contributed by atoms with Gasteiger partial charge in [0.05, 0.1) is 50.6 Å². The number of fused-ring (bicyclic) bond motifs is 1. The maximum atomic E-state index is 13.5. The molecule has 0 unspecified atom stereocenters. The Bertz CT molecular complexity index is 1270. The van der Waals surface area contributed by atoms with Crippen LogP contribution in [0.25, 0.3) is 22.2 Å². The molecule has 39 heavy (non-hydrogen) atoms. The molecule has 2 aromatic heterocycles. The van der Waals surface area contributed by atoms with Gasteiger partial charge in [0, 0.05) is 17.5 Å². The molecule has 0 saturated carbocycles. The molecule has 3 aromatic rings. The minimum absolute atomic E-state index is 0.0237. The molecule has 0 aliphatic rings. The summed E-state index contributed by atoms with van der Waals surface area (Å²) in [4.78, 5) is 28.4. The summed E-state index contributed by atoms with van der Waals surface area (Å²) in [6, 6.07) is 7.52. The molecule has 0 radical (unpaired) electrons. The van der Waals surface area contributed by atoms with Crippen molar-refractivity contribution in [2.24, 2.45) is 5.41 Å². The van der Waals surface area contributed by atoms with E-state index < -0.39 is 22.7 Å². The number of halogens is 2. The Kier molecular flexibility index (Phi) is 11.3. The number of esters is 1. The molecule has 0 amide bonds. The Labute approximate surface area is 225 Å². The molecule has 212 valence electrons. The lowest BCUT2D eigenvalue weighted by atomic mass is 9.91. The normalized spacial score (nSPS) is 11.6. The average Bonchev–Trinajstić information content (AvgIpc) is 2.90. The van der Waals surface area contributed by atoms with Gasteiger partial charge in [0.25, 0.3) is 0 Å². The monoisotopic (exact) mass is 549 g/mol. The SMILES string of the molecule is CCC(C)(C)C(=O)OCCOCCOCCOCCOc1ccc2cc(-c3cc(F)cc(F)c3)c(=O)oc2n1. The Morgan fingerprint density at radius 2 is 1.46 bits per heavy atom. The number of nitrogens with zero attached hydrogens (tertiary/aromatic N) is 1.